The van der Waals surface area contributed by atoms with Crippen LogP contribution in [0.1, 0.15) is 37.0 Å². The van der Waals surface area contributed by atoms with E-state index >= 15 is 0 Å². The molecule has 230 valence electrons. The molecule has 0 unspecified atom stereocenters. The summed E-state index contributed by atoms with van der Waals surface area (Å²) in [6, 6.07) is 30.5. The third-order valence-electron chi connectivity index (χ3n) is 7.50. The molecule has 0 radical (unpaired) electrons. The summed E-state index contributed by atoms with van der Waals surface area (Å²) in [6.45, 7) is 5.24. The van der Waals surface area contributed by atoms with Gasteiger partial charge in [-0.2, -0.15) is 0 Å². The number of benzene rings is 4. The Morgan fingerprint density at radius 1 is 0.841 bits per heavy atom. The van der Waals surface area contributed by atoms with Crippen molar-refractivity contribution in [1.29, 1.82) is 0 Å². The number of carbonyl (C=O) groups excluding carboxylic acids is 2. The van der Waals surface area contributed by atoms with Crippen molar-refractivity contribution in [1.82, 2.24) is 10.2 Å². The molecule has 0 aliphatic rings. The first-order chi connectivity index (χ1) is 21.1. The minimum Gasteiger partial charge on any atom is -0.352 e. The van der Waals surface area contributed by atoms with Crippen LogP contribution in [0.5, 0.6) is 0 Å². The van der Waals surface area contributed by atoms with Gasteiger partial charge in [-0.1, -0.05) is 103 Å². The van der Waals surface area contributed by atoms with Gasteiger partial charge in [0.25, 0.3) is 10.0 Å². The molecule has 4 aromatic rings. The van der Waals surface area contributed by atoms with E-state index in [0.29, 0.717) is 22.7 Å². The largest absolute Gasteiger partial charge is 0.352 e. The predicted molar refractivity (Wildman–Crippen MR) is 176 cm³/mol. The monoisotopic (exact) mass is 631 g/mol. The van der Waals surface area contributed by atoms with Crippen LogP contribution in [0.3, 0.4) is 0 Å². The minimum atomic E-state index is -4.15. The number of carbonyl (C=O) groups is 2. The molecule has 44 heavy (non-hydrogen) atoms. The fraction of sp³-hybridized carbons (Fsp3) is 0.257. The van der Waals surface area contributed by atoms with Gasteiger partial charge in [-0.15, -0.1) is 0 Å². The zero-order valence-electron chi connectivity index (χ0n) is 25.2. The summed E-state index contributed by atoms with van der Waals surface area (Å²) in [5.74, 6) is -0.860. The van der Waals surface area contributed by atoms with E-state index in [1.54, 1.807) is 60.7 Å². The number of halogens is 1. The van der Waals surface area contributed by atoms with Crippen LogP contribution in [-0.2, 0) is 32.6 Å². The molecule has 0 aliphatic heterocycles. The number of nitrogens with zero attached hydrogens (tertiary/aromatic N) is 2. The number of nitrogens with one attached hydrogen (secondary N) is 1. The lowest BCUT2D eigenvalue weighted by Gasteiger charge is -2.34. The van der Waals surface area contributed by atoms with Crippen molar-refractivity contribution in [2.75, 3.05) is 10.8 Å². The van der Waals surface area contributed by atoms with Gasteiger partial charge in [0.05, 0.1) is 10.6 Å². The van der Waals surface area contributed by atoms with Crippen molar-refractivity contribution in [3.8, 4) is 0 Å². The maximum Gasteiger partial charge on any atom is 0.264 e. The highest BCUT2D eigenvalue weighted by Gasteiger charge is 2.35. The van der Waals surface area contributed by atoms with Crippen molar-refractivity contribution in [3.63, 3.8) is 0 Å². The third-order valence-corrected chi connectivity index (χ3v) is 9.66. The second kappa shape index (κ2) is 15.0. The van der Waals surface area contributed by atoms with Gasteiger partial charge in [-0.05, 0) is 61.7 Å². The summed E-state index contributed by atoms with van der Waals surface area (Å²) in [4.78, 5) is 29.9. The van der Waals surface area contributed by atoms with Crippen LogP contribution < -0.4 is 9.62 Å². The van der Waals surface area contributed by atoms with E-state index in [1.807, 2.05) is 57.2 Å². The molecular weight excluding hydrogens is 594 g/mol. The van der Waals surface area contributed by atoms with Gasteiger partial charge in [0.2, 0.25) is 11.8 Å². The molecule has 0 saturated heterocycles. The standard InChI is InChI=1S/C35H38ClN3O4S/c1-4-27(3)37-35(41)33(23-28-13-7-5-8-14-28)38(24-29-15-11-12-18-32(29)36)34(40)25-39(30-16-9-6-10-17-30)44(42,43)31-21-19-26(2)20-22-31/h5-22,27,33H,4,23-25H2,1-3H3,(H,37,41)/t27-,33-/m1/s1. The molecule has 0 aromatic heterocycles. The average molecular weight is 632 g/mol. The van der Waals surface area contributed by atoms with Crippen LogP contribution in [0.25, 0.3) is 0 Å². The molecule has 2 amide bonds. The topological polar surface area (TPSA) is 86.8 Å². The normalized spacial score (nSPS) is 12.6. The lowest BCUT2D eigenvalue weighted by molar-refractivity contribution is -0.140. The van der Waals surface area contributed by atoms with E-state index in [9.17, 15) is 18.0 Å². The smallest absolute Gasteiger partial charge is 0.264 e. The predicted octanol–water partition coefficient (Wildman–Crippen LogP) is 6.40. The number of rotatable bonds is 13. The zero-order chi connectivity index (χ0) is 31.7. The van der Waals surface area contributed by atoms with Crippen LogP contribution in [0.4, 0.5) is 5.69 Å². The molecule has 4 aromatic carbocycles. The maximum atomic E-state index is 14.5. The Bertz CT molecular complexity index is 1650. The molecule has 9 heteroatoms. The minimum absolute atomic E-state index is 0.0111. The van der Waals surface area contributed by atoms with Crippen molar-refractivity contribution in [2.45, 2.75) is 57.1 Å². The van der Waals surface area contributed by atoms with Gasteiger partial charge in [-0.25, -0.2) is 8.42 Å². The number of para-hydroxylation sites is 1. The van der Waals surface area contributed by atoms with Crippen molar-refractivity contribution in [2.24, 2.45) is 0 Å². The maximum absolute atomic E-state index is 14.5. The number of hydrogen-bond donors (Lipinski definition) is 1. The first-order valence-corrected chi connectivity index (χ1v) is 16.4. The number of hydrogen-bond acceptors (Lipinski definition) is 4. The molecule has 2 atom stereocenters. The summed E-state index contributed by atoms with van der Waals surface area (Å²) >= 11 is 6.55. The first-order valence-electron chi connectivity index (χ1n) is 14.6. The highest BCUT2D eigenvalue weighted by molar-refractivity contribution is 7.92. The molecule has 0 saturated carbocycles. The van der Waals surface area contributed by atoms with Gasteiger partial charge in [0, 0.05) is 24.0 Å². The molecule has 7 nitrogen and oxygen atoms in total. The van der Waals surface area contributed by atoms with E-state index in [0.717, 1.165) is 15.4 Å². The van der Waals surface area contributed by atoms with E-state index in [2.05, 4.69) is 5.32 Å². The summed E-state index contributed by atoms with van der Waals surface area (Å²) in [5.41, 5.74) is 2.75. The molecule has 0 fully saturated rings. The first kappa shape index (κ1) is 32.8. The molecule has 0 aliphatic carbocycles. The number of sulfonamides is 1. The summed E-state index contributed by atoms with van der Waals surface area (Å²) < 4.78 is 29.2. The third kappa shape index (κ3) is 8.27. The van der Waals surface area contributed by atoms with Gasteiger partial charge in [-0.3, -0.25) is 13.9 Å². The quantitative estimate of drug-likeness (QED) is 0.185. The van der Waals surface area contributed by atoms with Gasteiger partial charge in [0.15, 0.2) is 0 Å². The van der Waals surface area contributed by atoms with Crippen LogP contribution in [0.15, 0.2) is 114 Å². The van der Waals surface area contributed by atoms with Crippen molar-refractivity contribution < 1.29 is 18.0 Å². The fourth-order valence-electron chi connectivity index (χ4n) is 4.77. The van der Waals surface area contributed by atoms with Crippen molar-refractivity contribution in [3.05, 3.63) is 131 Å². The van der Waals surface area contributed by atoms with Crippen molar-refractivity contribution >= 4 is 39.1 Å². The van der Waals surface area contributed by atoms with Crippen LogP contribution in [0, 0.1) is 6.92 Å². The SMILES string of the molecule is CC[C@@H](C)NC(=O)[C@@H](Cc1ccccc1)N(Cc1ccccc1Cl)C(=O)CN(c1ccccc1)S(=O)(=O)c1ccc(C)cc1. The Hall–Kier alpha value is -4.14. The van der Waals surface area contributed by atoms with E-state index in [4.69, 9.17) is 11.6 Å². The molecule has 0 bridgehead atoms. The second-order valence-electron chi connectivity index (χ2n) is 10.8. The summed E-state index contributed by atoms with van der Waals surface area (Å²) in [7, 11) is -4.15. The Balaban J connectivity index is 1.80. The summed E-state index contributed by atoms with van der Waals surface area (Å²) in [6.07, 6.45) is 0.939. The highest BCUT2D eigenvalue weighted by atomic mass is 35.5. The van der Waals surface area contributed by atoms with E-state index in [1.165, 1.54) is 17.0 Å². The molecule has 4 rings (SSSR count). The lowest BCUT2D eigenvalue weighted by atomic mass is 10.0. The number of amides is 2. The number of anilines is 1. The van der Waals surface area contributed by atoms with Crippen LogP contribution in [-0.4, -0.2) is 43.8 Å². The Labute approximate surface area is 265 Å². The van der Waals surface area contributed by atoms with Gasteiger partial charge >= 0.3 is 0 Å². The Morgan fingerprint density at radius 3 is 2.05 bits per heavy atom. The number of aryl methyl sites for hydroxylation is 1. The van der Waals surface area contributed by atoms with Gasteiger partial charge < -0.3 is 10.2 Å². The zero-order valence-corrected chi connectivity index (χ0v) is 26.8. The molecular formula is C35H38ClN3O4S. The molecule has 0 spiro atoms. The molecule has 1 N–H and O–H groups in total. The van der Waals surface area contributed by atoms with Gasteiger partial charge in [0.1, 0.15) is 12.6 Å². The van der Waals surface area contributed by atoms with Crippen LogP contribution in [0.2, 0.25) is 5.02 Å². The fourth-order valence-corrected chi connectivity index (χ4v) is 6.38. The lowest BCUT2D eigenvalue weighted by Crippen LogP contribution is -2.54. The highest BCUT2D eigenvalue weighted by Crippen LogP contribution is 2.26. The Kier molecular flexibility index (Phi) is 11.2. The summed E-state index contributed by atoms with van der Waals surface area (Å²) in [5, 5.41) is 3.48. The van der Waals surface area contributed by atoms with E-state index in [-0.39, 0.29) is 29.8 Å². The molecule has 0 heterocycles. The Morgan fingerprint density at radius 2 is 1.43 bits per heavy atom. The second-order valence-corrected chi connectivity index (χ2v) is 13.1. The average Bonchev–Trinajstić information content (AvgIpc) is 3.03. The van der Waals surface area contributed by atoms with E-state index < -0.39 is 28.5 Å². The van der Waals surface area contributed by atoms with Crippen LogP contribution >= 0.6 is 11.6 Å².